The van der Waals surface area contributed by atoms with Crippen LogP contribution in [0.25, 0.3) is 0 Å². The highest BCUT2D eigenvalue weighted by Crippen LogP contribution is 2.27. The topological polar surface area (TPSA) is 73.2 Å². The Morgan fingerprint density at radius 3 is 2.54 bits per heavy atom. The monoisotopic (exact) mass is 371 g/mol. The predicted octanol–water partition coefficient (Wildman–Crippen LogP) is 3.59. The van der Waals surface area contributed by atoms with Crippen molar-refractivity contribution in [3.8, 4) is 5.75 Å². The molecule has 0 saturated carbocycles. The fourth-order valence-electron chi connectivity index (χ4n) is 2.41. The third kappa shape index (κ3) is 4.23. The number of hydrogen-bond acceptors (Lipinski definition) is 4. The number of para-hydroxylation sites is 2. The molecule has 0 spiro atoms. The maximum Gasteiger partial charge on any atom is 0.262 e. The van der Waals surface area contributed by atoms with E-state index in [9.17, 15) is 8.42 Å². The van der Waals surface area contributed by atoms with E-state index < -0.39 is 10.0 Å². The van der Waals surface area contributed by atoms with E-state index in [1.165, 1.54) is 0 Å². The van der Waals surface area contributed by atoms with E-state index in [2.05, 4.69) is 9.82 Å². The van der Waals surface area contributed by atoms with E-state index in [1.807, 2.05) is 24.7 Å². The summed E-state index contributed by atoms with van der Waals surface area (Å²) in [6.07, 6.45) is 3.64. The summed E-state index contributed by atoms with van der Waals surface area (Å²) in [5.74, 6) is 0.465. The fourth-order valence-corrected chi connectivity index (χ4v) is 3.48. The summed E-state index contributed by atoms with van der Waals surface area (Å²) in [6.45, 7) is 5.01. The normalized spacial score (nSPS) is 11.3. The second-order valence-electron chi connectivity index (χ2n) is 5.91. The van der Waals surface area contributed by atoms with Crippen LogP contribution >= 0.6 is 0 Å². The van der Waals surface area contributed by atoms with Gasteiger partial charge in [-0.2, -0.15) is 5.10 Å². The molecule has 0 fully saturated rings. The zero-order chi connectivity index (χ0) is 18.6. The van der Waals surface area contributed by atoms with Crippen molar-refractivity contribution in [3.63, 3.8) is 0 Å². The van der Waals surface area contributed by atoms with Crippen LogP contribution in [0.4, 0.5) is 5.69 Å². The lowest BCUT2D eigenvalue weighted by atomic mass is 10.2. The van der Waals surface area contributed by atoms with Crippen LogP contribution in [0.2, 0.25) is 0 Å². The van der Waals surface area contributed by atoms with Crippen LogP contribution in [0.1, 0.15) is 18.1 Å². The predicted molar refractivity (Wildman–Crippen MR) is 101 cm³/mol. The number of nitrogens with zero attached hydrogens (tertiary/aromatic N) is 2. The van der Waals surface area contributed by atoms with E-state index in [0.29, 0.717) is 18.0 Å². The van der Waals surface area contributed by atoms with Gasteiger partial charge in [-0.1, -0.05) is 29.8 Å². The van der Waals surface area contributed by atoms with Crippen LogP contribution in [0.15, 0.2) is 65.8 Å². The molecular formula is C19H21N3O3S. The number of benzene rings is 2. The van der Waals surface area contributed by atoms with Gasteiger partial charge in [-0.15, -0.1) is 0 Å². The lowest BCUT2D eigenvalue weighted by molar-refractivity contribution is 0.308. The van der Waals surface area contributed by atoms with Crippen molar-refractivity contribution < 1.29 is 13.2 Å². The van der Waals surface area contributed by atoms with Crippen LogP contribution in [0.5, 0.6) is 5.75 Å². The molecule has 1 N–H and O–H groups in total. The Kier molecular flexibility index (Phi) is 5.27. The van der Waals surface area contributed by atoms with Crippen LogP contribution in [-0.4, -0.2) is 18.2 Å². The number of sulfonamides is 1. The summed E-state index contributed by atoms with van der Waals surface area (Å²) in [7, 11) is -3.68. The first-order chi connectivity index (χ1) is 12.5. The Bertz CT molecular complexity index is 979. The summed E-state index contributed by atoms with van der Waals surface area (Å²) in [5, 5.41) is 4.20. The Labute approximate surface area is 153 Å². The molecule has 7 heteroatoms. The minimum Gasteiger partial charge on any atom is -0.487 e. The molecule has 26 heavy (non-hydrogen) atoms. The molecule has 0 aliphatic carbocycles. The quantitative estimate of drug-likeness (QED) is 0.689. The average Bonchev–Trinajstić information content (AvgIpc) is 3.09. The first-order valence-corrected chi connectivity index (χ1v) is 9.79. The second kappa shape index (κ2) is 7.61. The van der Waals surface area contributed by atoms with Gasteiger partial charge >= 0.3 is 0 Å². The molecule has 6 nitrogen and oxygen atoms in total. The van der Waals surface area contributed by atoms with Crippen molar-refractivity contribution in [1.82, 2.24) is 9.78 Å². The maximum absolute atomic E-state index is 12.6. The lowest BCUT2D eigenvalue weighted by Gasteiger charge is -2.13. The summed E-state index contributed by atoms with van der Waals surface area (Å²) >= 11 is 0. The van der Waals surface area contributed by atoms with Crippen LogP contribution < -0.4 is 9.46 Å². The molecule has 0 saturated heterocycles. The largest absolute Gasteiger partial charge is 0.487 e. The van der Waals surface area contributed by atoms with E-state index in [1.54, 1.807) is 54.7 Å². The number of rotatable bonds is 7. The molecule has 0 aliphatic heterocycles. The van der Waals surface area contributed by atoms with Crippen molar-refractivity contribution in [3.05, 3.63) is 72.1 Å². The molecular weight excluding hydrogens is 350 g/mol. The highest BCUT2D eigenvalue weighted by atomic mass is 32.2. The van der Waals surface area contributed by atoms with Crippen molar-refractivity contribution in [1.29, 1.82) is 0 Å². The summed E-state index contributed by atoms with van der Waals surface area (Å²) in [4.78, 5) is 0.210. The number of ether oxygens (including phenoxy) is 1. The van der Waals surface area contributed by atoms with Gasteiger partial charge < -0.3 is 4.74 Å². The van der Waals surface area contributed by atoms with Crippen molar-refractivity contribution in [2.75, 3.05) is 4.72 Å². The minimum atomic E-state index is -3.68. The number of aromatic nitrogens is 2. The second-order valence-corrected chi connectivity index (χ2v) is 7.59. The number of anilines is 1. The van der Waals surface area contributed by atoms with Gasteiger partial charge in [-0.3, -0.25) is 9.40 Å². The van der Waals surface area contributed by atoms with Gasteiger partial charge in [0.05, 0.1) is 16.8 Å². The van der Waals surface area contributed by atoms with Crippen LogP contribution in [-0.2, 0) is 23.2 Å². The van der Waals surface area contributed by atoms with E-state index in [4.69, 9.17) is 4.74 Å². The first kappa shape index (κ1) is 18.0. The third-order valence-electron chi connectivity index (χ3n) is 3.87. The van der Waals surface area contributed by atoms with Gasteiger partial charge in [-0.05, 0) is 38.1 Å². The molecule has 0 bridgehead atoms. The highest BCUT2D eigenvalue weighted by molar-refractivity contribution is 7.92. The first-order valence-electron chi connectivity index (χ1n) is 8.30. The smallest absolute Gasteiger partial charge is 0.262 e. The average molecular weight is 371 g/mol. The molecule has 0 radical (unpaired) electrons. The van der Waals surface area contributed by atoms with Crippen LogP contribution in [0.3, 0.4) is 0 Å². The summed E-state index contributed by atoms with van der Waals surface area (Å²) < 4.78 is 35.4. The standard InChI is InChI=1S/C19H21N3O3S/c1-3-22-13-16(12-20-22)14-25-19-7-5-4-6-18(19)21-26(23,24)17-10-8-15(2)9-11-17/h4-13,21H,3,14H2,1-2H3. The molecule has 1 aromatic heterocycles. The number of hydrogen-bond donors (Lipinski definition) is 1. The molecule has 0 atom stereocenters. The van der Waals surface area contributed by atoms with Gasteiger partial charge in [0.2, 0.25) is 0 Å². The zero-order valence-corrected chi connectivity index (χ0v) is 15.5. The zero-order valence-electron chi connectivity index (χ0n) is 14.7. The molecule has 136 valence electrons. The summed E-state index contributed by atoms with van der Waals surface area (Å²) in [5.41, 5.74) is 2.32. The molecule has 0 unspecified atom stereocenters. The van der Waals surface area contributed by atoms with Crippen molar-refractivity contribution in [2.24, 2.45) is 0 Å². The molecule has 1 heterocycles. The lowest BCUT2D eigenvalue weighted by Crippen LogP contribution is -2.13. The van der Waals surface area contributed by atoms with Crippen molar-refractivity contribution >= 4 is 15.7 Å². The van der Waals surface area contributed by atoms with Gasteiger partial charge in [-0.25, -0.2) is 8.42 Å². The summed E-state index contributed by atoms with van der Waals surface area (Å²) in [6, 6.07) is 13.7. The van der Waals surface area contributed by atoms with E-state index in [-0.39, 0.29) is 4.90 Å². The Morgan fingerprint density at radius 2 is 1.85 bits per heavy atom. The van der Waals surface area contributed by atoms with E-state index in [0.717, 1.165) is 17.7 Å². The molecule has 2 aromatic carbocycles. The Morgan fingerprint density at radius 1 is 1.12 bits per heavy atom. The SMILES string of the molecule is CCn1cc(COc2ccccc2NS(=O)(=O)c2ccc(C)cc2)cn1. The molecule has 3 aromatic rings. The maximum atomic E-state index is 12.6. The number of nitrogens with one attached hydrogen (secondary N) is 1. The van der Waals surface area contributed by atoms with Gasteiger partial charge in [0.25, 0.3) is 10.0 Å². The molecule has 3 rings (SSSR count). The molecule has 0 amide bonds. The molecule has 0 aliphatic rings. The van der Waals surface area contributed by atoms with Crippen LogP contribution in [0, 0.1) is 6.92 Å². The Balaban J connectivity index is 1.77. The third-order valence-corrected chi connectivity index (χ3v) is 5.25. The minimum absolute atomic E-state index is 0.210. The fraction of sp³-hybridized carbons (Fsp3) is 0.211. The van der Waals surface area contributed by atoms with Crippen molar-refractivity contribution in [2.45, 2.75) is 31.9 Å². The Hall–Kier alpha value is -2.80. The van der Waals surface area contributed by atoms with E-state index >= 15 is 0 Å². The van der Waals surface area contributed by atoms with Gasteiger partial charge in [0, 0.05) is 18.3 Å². The number of aryl methyl sites for hydroxylation is 2. The highest BCUT2D eigenvalue weighted by Gasteiger charge is 2.16. The van der Waals surface area contributed by atoms with Gasteiger partial charge in [0.15, 0.2) is 0 Å². The van der Waals surface area contributed by atoms with Gasteiger partial charge in [0.1, 0.15) is 12.4 Å².